The Bertz CT molecular complexity index is 398. The van der Waals surface area contributed by atoms with Crippen LogP contribution < -0.4 is 10.0 Å². The number of hydrogen-bond acceptors (Lipinski definition) is 3. The standard InChI is InChI=1S/C16H30N2O2S/c1-15(2,3)21(19)18-14-10-13(20-12-4-5-12)11-16(14)6-8-17-9-7-16/h12-14,17-18H,4-11H2,1-3H3/t13-,14+,21+/m0/s1. The fraction of sp³-hybridized carbons (Fsp3) is 1.00. The largest absolute Gasteiger partial charge is 0.375 e. The highest BCUT2D eigenvalue weighted by molar-refractivity contribution is 7.84. The number of nitrogens with one attached hydrogen (secondary N) is 2. The van der Waals surface area contributed by atoms with E-state index >= 15 is 0 Å². The molecule has 5 heteroatoms. The highest BCUT2D eigenvalue weighted by Crippen LogP contribution is 2.48. The molecule has 0 bridgehead atoms. The van der Waals surface area contributed by atoms with Gasteiger partial charge in [-0.05, 0) is 77.8 Å². The van der Waals surface area contributed by atoms with Gasteiger partial charge in [0.25, 0.3) is 0 Å². The highest BCUT2D eigenvalue weighted by Gasteiger charge is 2.50. The van der Waals surface area contributed by atoms with Crippen molar-refractivity contribution in [2.45, 2.75) is 82.3 Å². The van der Waals surface area contributed by atoms with E-state index in [4.69, 9.17) is 4.74 Å². The van der Waals surface area contributed by atoms with Gasteiger partial charge in [-0.1, -0.05) is 0 Å². The number of piperidine rings is 1. The minimum absolute atomic E-state index is 0.205. The molecular formula is C16H30N2O2S. The van der Waals surface area contributed by atoms with Gasteiger partial charge in [0.15, 0.2) is 0 Å². The molecule has 2 N–H and O–H groups in total. The van der Waals surface area contributed by atoms with Crippen LogP contribution in [-0.4, -0.2) is 40.3 Å². The molecule has 1 heterocycles. The summed E-state index contributed by atoms with van der Waals surface area (Å²) in [5.41, 5.74) is 0.283. The van der Waals surface area contributed by atoms with Crippen LogP contribution in [0.15, 0.2) is 0 Å². The summed E-state index contributed by atoms with van der Waals surface area (Å²) in [5.74, 6) is 0. The van der Waals surface area contributed by atoms with Gasteiger partial charge in [0, 0.05) is 6.04 Å². The molecule has 21 heavy (non-hydrogen) atoms. The summed E-state index contributed by atoms with van der Waals surface area (Å²) in [7, 11) is -0.993. The molecule has 1 saturated heterocycles. The fourth-order valence-corrected chi connectivity index (χ4v) is 4.69. The zero-order valence-electron chi connectivity index (χ0n) is 13.6. The Morgan fingerprint density at radius 1 is 1.19 bits per heavy atom. The summed E-state index contributed by atoms with van der Waals surface area (Å²) in [6, 6.07) is 0.336. The Balaban J connectivity index is 1.69. The van der Waals surface area contributed by atoms with Crippen molar-refractivity contribution in [1.82, 2.24) is 10.0 Å². The van der Waals surface area contributed by atoms with Crippen molar-refractivity contribution in [3.63, 3.8) is 0 Å². The third kappa shape index (κ3) is 3.69. The van der Waals surface area contributed by atoms with Crippen LogP contribution in [0, 0.1) is 5.41 Å². The molecule has 1 aliphatic heterocycles. The van der Waals surface area contributed by atoms with E-state index in [0.717, 1.165) is 25.9 Å². The smallest absolute Gasteiger partial charge is 0.0972 e. The minimum atomic E-state index is -0.993. The maximum absolute atomic E-state index is 12.5. The second-order valence-electron chi connectivity index (χ2n) is 8.06. The maximum atomic E-state index is 12.5. The summed E-state index contributed by atoms with van der Waals surface area (Å²) in [5, 5.41) is 3.46. The second-order valence-corrected chi connectivity index (χ2v) is 10.1. The third-order valence-corrected chi connectivity index (χ3v) is 6.80. The molecule has 0 radical (unpaired) electrons. The van der Waals surface area contributed by atoms with E-state index < -0.39 is 11.0 Å². The van der Waals surface area contributed by atoms with Crippen molar-refractivity contribution in [1.29, 1.82) is 0 Å². The van der Waals surface area contributed by atoms with E-state index in [1.165, 1.54) is 25.7 Å². The van der Waals surface area contributed by atoms with Crippen molar-refractivity contribution >= 4 is 11.0 Å². The lowest BCUT2D eigenvalue weighted by atomic mass is 9.75. The molecule has 0 aromatic heterocycles. The van der Waals surface area contributed by atoms with Gasteiger partial charge in [0.1, 0.15) is 0 Å². The van der Waals surface area contributed by atoms with Gasteiger partial charge in [-0.2, -0.15) is 0 Å². The minimum Gasteiger partial charge on any atom is -0.375 e. The van der Waals surface area contributed by atoms with Crippen LogP contribution in [0.4, 0.5) is 0 Å². The number of rotatable bonds is 4. The lowest BCUT2D eigenvalue weighted by molar-refractivity contribution is 0.0327. The van der Waals surface area contributed by atoms with E-state index in [9.17, 15) is 4.21 Å². The topological polar surface area (TPSA) is 50.4 Å². The zero-order chi connectivity index (χ0) is 15.1. The van der Waals surface area contributed by atoms with Crippen LogP contribution in [0.25, 0.3) is 0 Å². The molecule has 3 atom stereocenters. The van der Waals surface area contributed by atoms with Crippen molar-refractivity contribution in [2.75, 3.05) is 13.1 Å². The zero-order valence-corrected chi connectivity index (χ0v) is 14.4. The maximum Gasteiger partial charge on any atom is 0.0972 e. The summed E-state index contributed by atoms with van der Waals surface area (Å²) in [6.45, 7) is 8.28. The monoisotopic (exact) mass is 314 g/mol. The molecule has 3 rings (SSSR count). The predicted molar refractivity (Wildman–Crippen MR) is 86.5 cm³/mol. The number of ether oxygens (including phenoxy) is 1. The van der Waals surface area contributed by atoms with Gasteiger partial charge in [-0.25, -0.2) is 8.93 Å². The first-order valence-corrected chi connectivity index (χ1v) is 9.58. The Hall–Kier alpha value is 0.0300. The van der Waals surface area contributed by atoms with Gasteiger partial charge in [0.2, 0.25) is 0 Å². The normalized spacial score (nSPS) is 34.2. The van der Waals surface area contributed by atoms with Crippen LogP contribution in [0.1, 0.15) is 59.3 Å². The van der Waals surface area contributed by atoms with Gasteiger partial charge >= 0.3 is 0 Å². The average Bonchev–Trinajstić information content (AvgIpc) is 3.16. The molecule has 1 spiro atoms. The molecule has 3 aliphatic rings. The highest BCUT2D eigenvalue weighted by atomic mass is 32.2. The molecule has 0 unspecified atom stereocenters. The van der Waals surface area contributed by atoms with Crippen molar-refractivity contribution in [3.8, 4) is 0 Å². The Kier molecular flexibility index (Phi) is 4.48. The molecule has 2 saturated carbocycles. The van der Waals surface area contributed by atoms with E-state index in [0.29, 0.717) is 18.2 Å². The molecule has 0 aromatic carbocycles. The van der Waals surface area contributed by atoms with Crippen LogP contribution >= 0.6 is 0 Å². The summed E-state index contributed by atoms with van der Waals surface area (Å²) in [4.78, 5) is 0. The predicted octanol–water partition coefficient (Wildman–Crippen LogP) is 2.12. The first kappa shape index (κ1) is 15.9. The molecule has 0 amide bonds. The first-order valence-electron chi connectivity index (χ1n) is 8.43. The first-order chi connectivity index (χ1) is 9.89. The lowest BCUT2D eigenvalue weighted by Gasteiger charge is -2.40. The lowest BCUT2D eigenvalue weighted by Crippen LogP contribution is -2.50. The summed E-state index contributed by atoms with van der Waals surface area (Å²) < 4.78 is 22.0. The Labute approximate surface area is 131 Å². The quantitative estimate of drug-likeness (QED) is 0.836. The van der Waals surface area contributed by atoms with Gasteiger partial charge in [0.05, 0.1) is 27.9 Å². The van der Waals surface area contributed by atoms with E-state index in [2.05, 4.69) is 10.0 Å². The molecule has 122 valence electrons. The summed E-state index contributed by atoms with van der Waals surface area (Å²) >= 11 is 0. The van der Waals surface area contributed by atoms with Crippen molar-refractivity contribution in [2.24, 2.45) is 5.41 Å². The van der Waals surface area contributed by atoms with Gasteiger partial charge < -0.3 is 10.1 Å². The Morgan fingerprint density at radius 2 is 1.86 bits per heavy atom. The van der Waals surface area contributed by atoms with Crippen molar-refractivity contribution < 1.29 is 8.95 Å². The number of hydrogen-bond donors (Lipinski definition) is 2. The van der Waals surface area contributed by atoms with Gasteiger partial charge in [-0.3, -0.25) is 0 Å². The van der Waals surface area contributed by atoms with E-state index in [-0.39, 0.29) is 10.2 Å². The molecule has 0 aromatic rings. The SMILES string of the molecule is CC(C)(C)[S@@](=O)N[C@@H]1C[C@H](OC2CC2)CC12CCNCC2. The van der Waals surface area contributed by atoms with Crippen LogP contribution in [0.3, 0.4) is 0 Å². The van der Waals surface area contributed by atoms with Crippen LogP contribution in [0.2, 0.25) is 0 Å². The van der Waals surface area contributed by atoms with E-state index in [1.807, 2.05) is 20.8 Å². The van der Waals surface area contributed by atoms with Crippen LogP contribution in [0.5, 0.6) is 0 Å². The molecule has 3 fully saturated rings. The molecule has 2 aliphatic carbocycles. The average molecular weight is 314 g/mol. The molecule has 4 nitrogen and oxygen atoms in total. The molecular weight excluding hydrogens is 284 g/mol. The third-order valence-electron chi connectivity index (χ3n) is 5.19. The fourth-order valence-electron chi connectivity index (χ4n) is 3.73. The Morgan fingerprint density at radius 3 is 2.43 bits per heavy atom. The van der Waals surface area contributed by atoms with E-state index in [1.54, 1.807) is 0 Å². The second kappa shape index (κ2) is 5.91. The van der Waals surface area contributed by atoms with Crippen molar-refractivity contribution in [3.05, 3.63) is 0 Å². The van der Waals surface area contributed by atoms with Gasteiger partial charge in [-0.15, -0.1) is 0 Å². The summed E-state index contributed by atoms with van der Waals surface area (Å²) in [6.07, 6.45) is 7.87. The van der Waals surface area contributed by atoms with Crippen LogP contribution in [-0.2, 0) is 15.7 Å².